The second-order valence-corrected chi connectivity index (χ2v) is 9.90. The van der Waals surface area contributed by atoms with Gasteiger partial charge in [-0.1, -0.05) is 32.1 Å². The maximum atomic E-state index is 12.7. The summed E-state index contributed by atoms with van der Waals surface area (Å²) < 4.78 is 10.7. The van der Waals surface area contributed by atoms with Gasteiger partial charge in [0.15, 0.2) is 0 Å². The smallest absolute Gasteiger partial charge is 0.410 e. The molecule has 1 aromatic carbocycles. The van der Waals surface area contributed by atoms with Crippen molar-refractivity contribution in [2.24, 2.45) is 4.99 Å². The minimum absolute atomic E-state index is 0.216. The fraction of sp³-hybridized carbons (Fsp3) is 0.536. The first-order valence-electron chi connectivity index (χ1n) is 12.6. The number of aliphatic imine (C=N–C) groups is 1. The number of esters is 1. The zero-order valence-corrected chi connectivity index (χ0v) is 22.0. The number of benzene rings is 1. The van der Waals surface area contributed by atoms with Crippen molar-refractivity contribution >= 4 is 23.5 Å². The van der Waals surface area contributed by atoms with E-state index < -0.39 is 5.60 Å². The molecule has 1 amide bonds. The number of carbonyl (C=O) groups excluding carboxylic acids is 2. The number of rotatable bonds is 7. The van der Waals surface area contributed by atoms with Crippen LogP contribution in [0.2, 0.25) is 0 Å². The minimum atomic E-state index is -0.531. The van der Waals surface area contributed by atoms with E-state index in [1.54, 1.807) is 4.90 Å². The lowest BCUT2D eigenvalue weighted by atomic mass is 10.00. The molecule has 0 radical (unpaired) electrons. The van der Waals surface area contributed by atoms with E-state index in [0.717, 1.165) is 54.0 Å². The third-order valence-corrected chi connectivity index (χ3v) is 6.07. The Morgan fingerprint density at radius 2 is 1.91 bits per heavy atom. The van der Waals surface area contributed by atoms with E-state index in [-0.39, 0.29) is 18.5 Å². The number of amides is 1. The van der Waals surface area contributed by atoms with Crippen molar-refractivity contribution < 1.29 is 19.1 Å². The number of nitrogens with one attached hydrogen (secondary N) is 1. The number of carbonyl (C=O) groups is 2. The van der Waals surface area contributed by atoms with Crippen LogP contribution in [-0.4, -0.2) is 48.0 Å². The van der Waals surface area contributed by atoms with Crippen LogP contribution in [0.1, 0.15) is 71.9 Å². The van der Waals surface area contributed by atoms with Gasteiger partial charge in [-0.15, -0.1) is 0 Å². The molecule has 2 aliphatic rings. The van der Waals surface area contributed by atoms with E-state index >= 15 is 0 Å². The van der Waals surface area contributed by atoms with E-state index in [2.05, 4.69) is 31.3 Å². The van der Waals surface area contributed by atoms with E-state index in [1.807, 2.05) is 39.8 Å². The fourth-order valence-corrected chi connectivity index (χ4v) is 4.23. The number of nitrogens with zero attached hydrogens (tertiary/aromatic N) is 2. The molecule has 1 saturated heterocycles. The molecule has 0 aromatic heterocycles. The largest absolute Gasteiger partial charge is 0.466 e. The average molecular weight is 482 g/mol. The topological polar surface area (TPSA) is 80.2 Å². The predicted molar refractivity (Wildman–Crippen MR) is 140 cm³/mol. The maximum absolute atomic E-state index is 12.7. The standard InChI is InChI=1S/C28H39N3O4/c1-7-20-11-12-22-14-15-31(27(33)35-28(4,5)6)18-24(22)30-26(20)29-23-13-10-19(16-21(23)8-2)17-25(32)34-9-3/h10,12-13,16,29H,7-9,11,14-15,17-18H2,1-6H3. The Morgan fingerprint density at radius 1 is 1.14 bits per heavy atom. The first kappa shape index (κ1) is 26.5. The number of hydrogen-bond donors (Lipinski definition) is 1. The summed E-state index contributed by atoms with van der Waals surface area (Å²) in [6.45, 7) is 13.1. The summed E-state index contributed by atoms with van der Waals surface area (Å²) in [4.78, 5) is 31.4. The van der Waals surface area contributed by atoms with Gasteiger partial charge in [-0.2, -0.15) is 0 Å². The van der Waals surface area contributed by atoms with Crippen LogP contribution in [-0.2, 0) is 27.1 Å². The Morgan fingerprint density at radius 3 is 2.57 bits per heavy atom. The molecule has 35 heavy (non-hydrogen) atoms. The second-order valence-electron chi connectivity index (χ2n) is 9.90. The van der Waals surface area contributed by atoms with Gasteiger partial charge in [0, 0.05) is 12.2 Å². The predicted octanol–water partition coefficient (Wildman–Crippen LogP) is 5.80. The van der Waals surface area contributed by atoms with Crippen LogP contribution in [0.15, 0.2) is 46.2 Å². The van der Waals surface area contributed by atoms with Gasteiger partial charge in [0.25, 0.3) is 0 Å². The molecule has 3 rings (SSSR count). The Balaban J connectivity index is 1.84. The van der Waals surface area contributed by atoms with Crippen LogP contribution < -0.4 is 5.32 Å². The molecule has 0 saturated carbocycles. The van der Waals surface area contributed by atoms with Gasteiger partial charge in [0.2, 0.25) is 0 Å². The van der Waals surface area contributed by atoms with Crippen LogP contribution in [0.4, 0.5) is 10.5 Å². The highest BCUT2D eigenvalue weighted by Crippen LogP contribution is 2.29. The summed E-state index contributed by atoms with van der Waals surface area (Å²) in [5, 5.41) is 3.57. The number of anilines is 1. The Bertz CT molecular complexity index is 1050. The zero-order valence-electron chi connectivity index (χ0n) is 22.0. The van der Waals surface area contributed by atoms with Gasteiger partial charge >= 0.3 is 12.1 Å². The number of fused-ring (bicyclic) bond motifs is 1. The third kappa shape index (κ3) is 7.20. The van der Waals surface area contributed by atoms with Crippen molar-refractivity contribution in [3.8, 4) is 0 Å². The third-order valence-electron chi connectivity index (χ3n) is 6.07. The van der Waals surface area contributed by atoms with Crippen LogP contribution >= 0.6 is 0 Å². The monoisotopic (exact) mass is 481 g/mol. The van der Waals surface area contributed by atoms with Gasteiger partial charge in [-0.05, 0) is 81.7 Å². The van der Waals surface area contributed by atoms with Crippen LogP contribution in [0.3, 0.4) is 0 Å². The molecule has 7 nitrogen and oxygen atoms in total. The quantitative estimate of drug-likeness (QED) is 0.498. The molecule has 1 aromatic rings. The van der Waals surface area contributed by atoms with Crippen molar-refractivity contribution in [3.63, 3.8) is 0 Å². The first-order chi connectivity index (χ1) is 16.6. The summed E-state index contributed by atoms with van der Waals surface area (Å²) in [6.07, 6.45) is 5.51. The Hall–Kier alpha value is -3.09. The highest BCUT2D eigenvalue weighted by atomic mass is 16.6. The summed E-state index contributed by atoms with van der Waals surface area (Å²) >= 11 is 0. The first-order valence-corrected chi connectivity index (χ1v) is 12.6. The van der Waals surface area contributed by atoms with Crippen molar-refractivity contribution in [1.29, 1.82) is 0 Å². The highest BCUT2D eigenvalue weighted by Gasteiger charge is 2.29. The molecule has 0 bridgehead atoms. The van der Waals surface area contributed by atoms with Crippen molar-refractivity contribution in [3.05, 3.63) is 52.4 Å². The summed E-state index contributed by atoms with van der Waals surface area (Å²) in [5.41, 5.74) is 5.84. The maximum Gasteiger partial charge on any atom is 0.410 e. The molecule has 0 unspecified atom stereocenters. The molecule has 0 spiro atoms. The summed E-state index contributed by atoms with van der Waals surface area (Å²) in [7, 11) is 0. The molecule has 2 aliphatic heterocycles. The number of hydrogen-bond acceptors (Lipinski definition) is 6. The molecule has 0 atom stereocenters. The van der Waals surface area contributed by atoms with Gasteiger partial charge in [-0.3, -0.25) is 4.79 Å². The Labute approximate surface area is 209 Å². The summed E-state index contributed by atoms with van der Waals surface area (Å²) in [6, 6.07) is 6.04. The van der Waals surface area contributed by atoms with E-state index in [0.29, 0.717) is 19.7 Å². The molecule has 7 heteroatoms. The SMILES string of the molecule is CCOC(=O)Cc1ccc(NC2=C(CC)CC=C3CCN(C(=O)OC(C)(C)C)CC3=N2)c(CC)c1. The molecule has 190 valence electrons. The lowest BCUT2D eigenvalue weighted by molar-refractivity contribution is -0.142. The second kappa shape index (κ2) is 11.6. The van der Waals surface area contributed by atoms with Crippen LogP contribution in [0.5, 0.6) is 0 Å². The number of likely N-dealkylation sites (tertiary alicyclic amines) is 1. The molecular weight excluding hydrogens is 442 g/mol. The molecular formula is C28H39N3O4. The number of ether oxygens (including phenoxy) is 2. The van der Waals surface area contributed by atoms with E-state index in [1.165, 1.54) is 11.1 Å². The molecule has 0 aliphatic carbocycles. The average Bonchev–Trinajstić information content (AvgIpc) is 2.97. The molecule has 1 N–H and O–H groups in total. The van der Waals surface area contributed by atoms with E-state index in [4.69, 9.17) is 14.5 Å². The number of aryl methyl sites for hydroxylation is 1. The Kier molecular flexibility index (Phi) is 8.76. The van der Waals surface area contributed by atoms with Gasteiger partial charge in [-0.25, -0.2) is 9.79 Å². The molecule has 1 fully saturated rings. The van der Waals surface area contributed by atoms with Crippen LogP contribution in [0.25, 0.3) is 0 Å². The lowest BCUT2D eigenvalue weighted by Gasteiger charge is -2.31. The van der Waals surface area contributed by atoms with Crippen LogP contribution in [0, 0.1) is 0 Å². The van der Waals surface area contributed by atoms with Gasteiger partial charge < -0.3 is 19.7 Å². The summed E-state index contributed by atoms with van der Waals surface area (Å²) in [5.74, 6) is 0.625. The minimum Gasteiger partial charge on any atom is -0.466 e. The van der Waals surface area contributed by atoms with E-state index in [9.17, 15) is 9.59 Å². The lowest BCUT2D eigenvalue weighted by Crippen LogP contribution is -2.44. The van der Waals surface area contributed by atoms with Crippen molar-refractivity contribution in [1.82, 2.24) is 4.90 Å². The van der Waals surface area contributed by atoms with Gasteiger partial charge in [0.1, 0.15) is 11.4 Å². The number of allylic oxidation sites excluding steroid dienone is 2. The highest BCUT2D eigenvalue weighted by molar-refractivity contribution is 6.04. The van der Waals surface area contributed by atoms with Crippen molar-refractivity contribution in [2.75, 3.05) is 25.0 Å². The van der Waals surface area contributed by atoms with Gasteiger partial charge in [0.05, 0.1) is 25.3 Å². The van der Waals surface area contributed by atoms with Crippen molar-refractivity contribution in [2.45, 2.75) is 79.2 Å². The fourth-order valence-electron chi connectivity index (χ4n) is 4.23. The molecule has 2 heterocycles. The number of piperidine rings is 1. The zero-order chi connectivity index (χ0) is 25.6. The normalized spacial score (nSPS) is 16.1.